The quantitative estimate of drug-likeness (QED) is 0.776. The summed E-state index contributed by atoms with van der Waals surface area (Å²) in [5.41, 5.74) is 8.27. The Morgan fingerprint density at radius 2 is 1.94 bits per heavy atom. The molecule has 2 rings (SSSR count). The summed E-state index contributed by atoms with van der Waals surface area (Å²) >= 11 is 0. The molecular formula is C13H12N2O. The van der Waals surface area contributed by atoms with Gasteiger partial charge >= 0.3 is 0 Å². The minimum atomic E-state index is -0.0574. The number of nitrogens with two attached hydrogens (primary N) is 1. The van der Waals surface area contributed by atoms with Crippen LogP contribution in [-0.4, -0.2) is 10.8 Å². The van der Waals surface area contributed by atoms with Crippen LogP contribution in [0.1, 0.15) is 21.5 Å². The zero-order valence-electron chi connectivity index (χ0n) is 8.97. The average molecular weight is 212 g/mol. The highest BCUT2D eigenvalue weighted by atomic mass is 16.1. The molecule has 2 N–H and O–H groups in total. The standard InChI is InChI=1S/C13H12N2O/c1-9-4-2-3-5-10(9)13(16)11-6-7-15-8-12(11)14/h2-8H,14H2,1H3. The van der Waals surface area contributed by atoms with E-state index >= 15 is 0 Å². The molecule has 3 heteroatoms. The van der Waals surface area contributed by atoms with Gasteiger partial charge in [0.2, 0.25) is 0 Å². The van der Waals surface area contributed by atoms with E-state index in [-0.39, 0.29) is 5.78 Å². The van der Waals surface area contributed by atoms with Crippen molar-refractivity contribution in [3.63, 3.8) is 0 Å². The van der Waals surface area contributed by atoms with Gasteiger partial charge in [0.25, 0.3) is 0 Å². The van der Waals surface area contributed by atoms with Crippen LogP contribution in [0.25, 0.3) is 0 Å². The number of rotatable bonds is 2. The van der Waals surface area contributed by atoms with Crippen molar-refractivity contribution in [2.45, 2.75) is 6.92 Å². The number of carbonyl (C=O) groups is 1. The van der Waals surface area contributed by atoms with E-state index in [4.69, 9.17) is 5.73 Å². The van der Waals surface area contributed by atoms with Crippen molar-refractivity contribution >= 4 is 11.5 Å². The maximum Gasteiger partial charge on any atom is 0.195 e. The van der Waals surface area contributed by atoms with Crippen molar-refractivity contribution in [1.82, 2.24) is 4.98 Å². The highest BCUT2D eigenvalue weighted by molar-refractivity contribution is 6.12. The molecule has 1 heterocycles. The van der Waals surface area contributed by atoms with Crippen molar-refractivity contribution in [2.24, 2.45) is 0 Å². The SMILES string of the molecule is Cc1ccccc1C(=O)c1ccncc1N. The average Bonchev–Trinajstić information content (AvgIpc) is 2.29. The number of hydrogen-bond acceptors (Lipinski definition) is 3. The van der Waals surface area contributed by atoms with E-state index < -0.39 is 0 Å². The van der Waals surface area contributed by atoms with Crippen LogP contribution < -0.4 is 5.73 Å². The van der Waals surface area contributed by atoms with E-state index in [9.17, 15) is 4.79 Å². The lowest BCUT2D eigenvalue weighted by molar-refractivity contribution is 0.103. The Kier molecular flexibility index (Phi) is 2.68. The molecule has 0 saturated carbocycles. The van der Waals surface area contributed by atoms with Crippen LogP contribution in [0, 0.1) is 6.92 Å². The van der Waals surface area contributed by atoms with Gasteiger partial charge in [0, 0.05) is 17.3 Å². The van der Waals surface area contributed by atoms with Gasteiger partial charge in [0.05, 0.1) is 11.9 Å². The second-order valence-corrected chi connectivity index (χ2v) is 3.61. The van der Waals surface area contributed by atoms with Crippen molar-refractivity contribution in [3.8, 4) is 0 Å². The molecule has 3 nitrogen and oxygen atoms in total. The molecule has 0 fully saturated rings. The third kappa shape index (κ3) is 1.80. The maximum atomic E-state index is 12.2. The monoisotopic (exact) mass is 212 g/mol. The molecule has 0 aliphatic heterocycles. The summed E-state index contributed by atoms with van der Waals surface area (Å²) in [6.07, 6.45) is 3.06. The number of nitrogen functional groups attached to an aromatic ring is 1. The van der Waals surface area contributed by atoms with Gasteiger partial charge in [-0.3, -0.25) is 9.78 Å². The summed E-state index contributed by atoms with van der Waals surface area (Å²) in [7, 11) is 0. The normalized spacial score (nSPS) is 10.1. The van der Waals surface area contributed by atoms with Gasteiger partial charge < -0.3 is 5.73 Å². The van der Waals surface area contributed by atoms with Crippen LogP contribution in [-0.2, 0) is 0 Å². The summed E-state index contributed by atoms with van der Waals surface area (Å²) in [5.74, 6) is -0.0574. The second-order valence-electron chi connectivity index (χ2n) is 3.61. The first-order valence-electron chi connectivity index (χ1n) is 5.00. The van der Waals surface area contributed by atoms with Gasteiger partial charge in [-0.15, -0.1) is 0 Å². The van der Waals surface area contributed by atoms with E-state index in [1.54, 1.807) is 18.3 Å². The number of pyridine rings is 1. The smallest absolute Gasteiger partial charge is 0.195 e. The third-order valence-electron chi connectivity index (χ3n) is 2.49. The first-order valence-corrected chi connectivity index (χ1v) is 5.00. The molecule has 0 aliphatic carbocycles. The molecule has 1 aromatic carbocycles. The molecule has 0 spiro atoms. The van der Waals surface area contributed by atoms with E-state index in [0.29, 0.717) is 16.8 Å². The summed E-state index contributed by atoms with van der Waals surface area (Å²) in [6.45, 7) is 1.91. The Bertz CT molecular complexity index is 487. The molecule has 2 aromatic rings. The molecule has 0 saturated heterocycles. The Morgan fingerprint density at radius 1 is 1.19 bits per heavy atom. The van der Waals surface area contributed by atoms with Gasteiger partial charge in [-0.25, -0.2) is 0 Å². The molecule has 0 amide bonds. The lowest BCUT2D eigenvalue weighted by atomic mass is 9.99. The van der Waals surface area contributed by atoms with Gasteiger partial charge in [-0.1, -0.05) is 24.3 Å². The minimum Gasteiger partial charge on any atom is -0.397 e. The van der Waals surface area contributed by atoms with Gasteiger partial charge in [0.1, 0.15) is 0 Å². The molecule has 0 bridgehead atoms. The number of hydrogen-bond donors (Lipinski definition) is 1. The summed E-state index contributed by atoms with van der Waals surface area (Å²) in [4.78, 5) is 16.0. The van der Waals surface area contributed by atoms with Crippen LogP contribution in [0.2, 0.25) is 0 Å². The molecule has 0 unspecified atom stereocenters. The number of anilines is 1. The van der Waals surface area contributed by atoms with Crippen molar-refractivity contribution in [2.75, 3.05) is 5.73 Å². The lowest BCUT2D eigenvalue weighted by Crippen LogP contribution is -2.07. The van der Waals surface area contributed by atoms with Crippen molar-refractivity contribution in [3.05, 3.63) is 59.4 Å². The zero-order valence-corrected chi connectivity index (χ0v) is 8.97. The predicted molar refractivity (Wildman–Crippen MR) is 63.3 cm³/mol. The first-order chi connectivity index (χ1) is 7.70. The second kappa shape index (κ2) is 4.14. The fraction of sp³-hybridized carbons (Fsp3) is 0.0769. The van der Waals surface area contributed by atoms with Crippen LogP contribution >= 0.6 is 0 Å². The van der Waals surface area contributed by atoms with Gasteiger partial charge in [0.15, 0.2) is 5.78 Å². The zero-order chi connectivity index (χ0) is 11.5. The number of benzene rings is 1. The number of aryl methyl sites for hydroxylation is 1. The van der Waals surface area contributed by atoms with Crippen molar-refractivity contribution < 1.29 is 4.79 Å². The summed E-state index contributed by atoms with van der Waals surface area (Å²) < 4.78 is 0. The number of nitrogens with zero attached hydrogens (tertiary/aromatic N) is 1. The van der Waals surface area contributed by atoms with E-state index in [1.165, 1.54) is 6.20 Å². The molecule has 0 radical (unpaired) electrons. The van der Waals surface area contributed by atoms with Crippen LogP contribution in [0.4, 0.5) is 5.69 Å². The molecule has 80 valence electrons. The van der Waals surface area contributed by atoms with Crippen molar-refractivity contribution in [1.29, 1.82) is 0 Å². The Balaban J connectivity index is 2.48. The van der Waals surface area contributed by atoms with Gasteiger partial charge in [-0.2, -0.15) is 0 Å². The van der Waals surface area contributed by atoms with E-state index in [1.807, 2.05) is 25.1 Å². The first kappa shape index (κ1) is 10.4. The predicted octanol–water partition coefficient (Wildman–Crippen LogP) is 2.20. The summed E-state index contributed by atoms with van der Waals surface area (Å²) in [6, 6.07) is 9.10. The molecule has 0 atom stereocenters. The Morgan fingerprint density at radius 3 is 2.62 bits per heavy atom. The number of ketones is 1. The Labute approximate surface area is 93.9 Å². The minimum absolute atomic E-state index is 0.0574. The molecule has 0 aliphatic rings. The van der Waals surface area contributed by atoms with Crippen LogP contribution in [0.15, 0.2) is 42.7 Å². The number of aromatic nitrogens is 1. The lowest BCUT2D eigenvalue weighted by Gasteiger charge is -2.06. The number of carbonyl (C=O) groups excluding carboxylic acids is 1. The summed E-state index contributed by atoms with van der Waals surface area (Å²) in [5, 5.41) is 0. The Hall–Kier alpha value is -2.16. The largest absolute Gasteiger partial charge is 0.397 e. The van der Waals surface area contributed by atoms with Gasteiger partial charge in [-0.05, 0) is 18.6 Å². The fourth-order valence-corrected chi connectivity index (χ4v) is 1.59. The highest BCUT2D eigenvalue weighted by Crippen LogP contribution is 2.17. The van der Waals surface area contributed by atoms with E-state index in [0.717, 1.165) is 5.56 Å². The molecular weight excluding hydrogens is 200 g/mol. The van der Waals surface area contributed by atoms with Crippen LogP contribution in [0.3, 0.4) is 0 Å². The molecule has 16 heavy (non-hydrogen) atoms. The van der Waals surface area contributed by atoms with Crippen LogP contribution in [0.5, 0.6) is 0 Å². The fourth-order valence-electron chi connectivity index (χ4n) is 1.59. The van der Waals surface area contributed by atoms with E-state index in [2.05, 4.69) is 4.98 Å². The highest BCUT2D eigenvalue weighted by Gasteiger charge is 2.13. The third-order valence-corrected chi connectivity index (χ3v) is 2.49. The maximum absolute atomic E-state index is 12.2. The topological polar surface area (TPSA) is 56.0 Å². The molecule has 1 aromatic heterocycles.